The van der Waals surface area contributed by atoms with Crippen LogP contribution >= 0.6 is 0 Å². The van der Waals surface area contributed by atoms with Crippen LogP contribution in [-0.2, 0) is 9.84 Å². The molecule has 5 nitrogen and oxygen atoms in total. The van der Waals surface area contributed by atoms with Crippen molar-refractivity contribution < 1.29 is 8.42 Å². The summed E-state index contributed by atoms with van der Waals surface area (Å²) in [6.07, 6.45) is 2.91. The van der Waals surface area contributed by atoms with Crippen molar-refractivity contribution in [1.29, 1.82) is 0 Å². The van der Waals surface area contributed by atoms with Gasteiger partial charge in [-0.05, 0) is 48.7 Å². The number of hydrogen-bond donors (Lipinski definition) is 1. The molecule has 0 amide bonds. The molecule has 1 aromatic heterocycles. The number of anilines is 2. The van der Waals surface area contributed by atoms with E-state index in [-0.39, 0.29) is 5.75 Å². The maximum atomic E-state index is 11.9. The van der Waals surface area contributed by atoms with Crippen LogP contribution in [0.5, 0.6) is 0 Å². The molecule has 1 saturated heterocycles. The van der Waals surface area contributed by atoms with Gasteiger partial charge in [0.25, 0.3) is 0 Å². The molecule has 1 aromatic carbocycles. The summed E-state index contributed by atoms with van der Waals surface area (Å²) in [4.78, 5) is 6.99. The van der Waals surface area contributed by atoms with Gasteiger partial charge in [-0.1, -0.05) is 13.0 Å². The molecule has 2 heterocycles. The number of sulfone groups is 1. The van der Waals surface area contributed by atoms with Gasteiger partial charge in [-0.3, -0.25) is 0 Å². The van der Waals surface area contributed by atoms with E-state index in [1.807, 2.05) is 30.3 Å². The minimum atomic E-state index is -3.12. The van der Waals surface area contributed by atoms with Crippen LogP contribution in [-0.4, -0.2) is 38.8 Å². The van der Waals surface area contributed by atoms with Crippen molar-refractivity contribution in [2.75, 3.05) is 35.6 Å². The van der Waals surface area contributed by atoms with Crippen LogP contribution in [0, 0.1) is 5.92 Å². The summed E-state index contributed by atoms with van der Waals surface area (Å²) < 4.78 is 23.8. The number of aromatic nitrogens is 1. The van der Waals surface area contributed by atoms with Gasteiger partial charge in [0.2, 0.25) is 0 Å². The second-order valence-electron chi connectivity index (χ2n) is 6.09. The van der Waals surface area contributed by atoms with Crippen LogP contribution in [0.25, 0.3) is 0 Å². The summed E-state index contributed by atoms with van der Waals surface area (Å²) in [6.45, 7) is 4.53. The zero-order chi connectivity index (χ0) is 17.0. The van der Waals surface area contributed by atoms with Crippen LogP contribution in [0.2, 0.25) is 0 Å². The standard InChI is InChI=1S/C18H23N3O2S/c1-2-24(22,23)17-8-6-16(7-9-17)21-12-10-15(14-21)13-20-18-5-3-4-11-19-18/h3-9,11,15H,2,10,12-14H2,1H3,(H,19,20)/t15-/m1/s1. The number of hydrogen-bond acceptors (Lipinski definition) is 5. The summed E-state index contributed by atoms with van der Waals surface area (Å²) >= 11 is 0. The number of nitrogens with zero attached hydrogens (tertiary/aromatic N) is 2. The molecule has 0 unspecified atom stereocenters. The van der Waals surface area contributed by atoms with E-state index < -0.39 is 9.84 Å². The van der Waals surface area contributed by atoms with Gasteiger partial charge in [0.05, 0.1) is 10.6 Å². The molecule has 1 N–H and O–H groups in total. The Morgan fingerprint density at radius 2 is 2.00 bits per heavy atom. The van der Waals surface area contributed by atoms with Crippen molar-refractivity contribution in [3.63, 3.8) is 0 Å². The van der Waals surface area contributed by atoms with Crippen molar-refractivity contribution >= 4 is 21.3 Å². The van der Waals surface area contributed by atoms with Crippen LogP contribution in [0.4, 0.5) is 11.5 Å². The summed E-state index contributed by atoms with van der Waals surface area (Å²) in [5, 5.41) is 3.38. The molecule has 24 heavy (non-hydrogen) atoms. The van der Waals surface area contributed by atoms with Gasteiger partial charge < -0.3 is 10.2 Å². The molecule has 1 fully saturated rings. The Bertz CT molecular complexity index is 761. The fourth-order valence-corrected chi connectivity index (χ4v) is 3.87. The highest BCUT2D eigenvalue weighted by Gasteiger charge is 2.23. The van der Waals surface area contributed by atoms with E-state index in [4.69, 9.17) is 0 Å². The molecule has 1 aliphatic heterocycles. The lowest BCUT2D eigenvalue weighted by Gasteiger charge is -2.19. The summed E-state index contributed by atoms with van der Waals surface area (Å²) in [6, 6.07) is 13.1. The molecule has 3 rings (SSSR count). The van der Waals surface area contributed by atoms with Crippen LogP contribution < -0.4 is 10.2 Å². The molecule has 128 valence electrons. The zero-order valence-corrected chi connectivity index (χ0v) is 14.7. The fraction of sp³-hybridized carbons (Fsp3) is 0.389. The van der Waals surface area contributed by atoms with Crippen molar-refractivity contribution in [2.24, 2.45) is 5.92 Å². The topological polar surface area (TPSA) is 62.3 Å². The van der Waals surface area contributed by atoms with E-state index in [0.717, 1.165) is 37.6 Å². The maximum absolute atomic E-state index is 11.9. The predicted octanol–water partition coefficient (Wildman–Crippen LogP) is 2.81. The first kappa shape index (κ1) is 16.8. The van der Waals surface area contributed by atoms with Gasteiger partial charge >= 0.3 is 0 Å². The SMILES string of the molecule is CCS(=O)(=O)c1ccc(N2CC[C@H](CNc3ccccn3)C2)cc1. The molecular formula is C18H23N3O2S. The highest BCUT2D eigenvalue weighted by Crippen LogP contribution is 2.25. The third kappa shape index (κ3) is 3.87. The van der Waals surface area contributed by atoms with Crippen molar-refractivity contribution in [3.8, 4) is 0 Å². The highest BCUT2D eigenvalue weighted by molar-refractivity contribution is 7.91. The van der Waals surface area contributed by atoms with E-state index in [2.05, 4.69) is 15.2 Å². The summed E-state index contributed by atoms with van der Waals surface area (Å²) in [5.41, 5.74) is 1.09. The number of pyridine rings is 1. The molecule has 0 bridgehead atoms. The second-order valence-corrected chi connectivity index (χ2v) is 8.37. The molecule has 0 radical (unpaired) electrons. The normalized spacial score (nSPS) is 17.9. The van der Waals surface area contributed by atoms with E-state index in [1.165, 1.54) is 0 Å². The summed E-state index contributed by atoms with van der Waals surface area (Å²) in [7, 11) is -3.12. The Kier molecular flexibility index (Phi) is 5.04. The monoisotopic (exact) mass is 345 g/mol. The van der Waals surface area contributed by atoms with Gasteiger partial charge in [-0.25, -0.2) is 13.4 Å². The maximum Gasteiger partial charge on any atom is 0.178 e. The van der Waals surface area contributed by atoms with Crippen molar-refractivity contribution in [2.45, 2.75) is 18.2 Å². The molecular weight excluding hydrogens is 322 g/mol. The molecule has 0 aliphatic carbocycles. The van der Waals surface area contributed by atoms with Crippen molar-refractivity contribution in [1.82, 2.24) is 4.98 Å². The molecule has 6 heteroatoms. The van der Waals surface area contributed by atoms with Gasteiger partial charge in [0.15, 0.2) is 9.84 Å². The third-order valence-corrected chi connectivity index (χ3v) is 6.21. The van der Waals surface area contributed by atoms with E-state index in [0.29, 0.717) is 10.8 Å². The first-order chi connectivity index (χ1) is 11.6. The molecule has 2 aromatic rings. The number of benzene rings is 1. The first-order valence-electron chi connectivity index (χ1n) is 8.31. The third-order valence-electron chi connectivity index (χ3n) is 4.46. The highest BCUT2D eigenvalue weighted by atomic mass is 32.2. The summed E-state index contributed by atoms with van der Waals surface area (Å²) in [5.74, 6) is 1.60. The van der Waals surface area contributed by atoms with Crippen LogP contribution in [0.3, 0.4) is 0 Å². The lowest BCUT2D eigenvalue weighted by atomic mass is 10.1. The van der Waals surface area contributed by atoms with E-state index in [1.54, 1.807) is 25.3 Å². The average Bonchev–Trinajstić information content (AvgIpc) is 3.10. The first-order valence-corrected chi connectivity index (χ1v) is 9.96. The van der Waals surface area contributed by atoms with Gasteiger partial charge in [-0.2, -0.15) is 0 Å². The Morgan fingerprint density at radius 1 is 1.21 bits per heavy atom. The molecule has 0 spiro atoms. The predicted molar refractivity (Wildman–Crippen MR) is 97.2 cm³/mol. The molecule has 0 saturated carbocycles. The lowest BCUT2D eigenvalue weighted by Crippen LogP contribution is -2.22. The Balaban J connectivity index is 1.57. The Labute approximate surface area is 143 Å². The fourth-order valence-electron chi connectivity index (χ4n) is 2.98. The van der Waals surface area contributed by atoms with Crippen LogP contribution in [0.1, 0.15) is 13.3 Å². The zero-order valence-electron chi connectivity index (χ0n) is 13.9. The second kappa shape index (κ2) is 7.21. The van der Waals surface area contributed by atoms with Gasteiger partial charge in [0, 0.05) is 31.5 Å². The van der Waals surface area contributed by atoms with E-state index in [9.17, 15) is 8.42 Å². The number of rotatable bonds is 6. The van der Waals surface area contributed by atoms with Gasteiger partial charge in [0.1, 0.15) is 5.82 Å². The molecule has 1 atom stereocenters. The average molecular weight is 345 g/mol. The molecule has 1 aliphatic rings. The largest absolute Gasteiger partial charge is 0.371 e. The lowest BCUT2D eigenvalue weighted by molar-refractivity contribution is 0.597. The Morgan fingerprint density at radius 3 is 2.67 bits per heavy atom. The smallest absolute Gasteiger partial charge is 0.178 e. The van der Waals surface area contributed by atoms with Gasteiger partial charge in [-0.15, -0.1) is 0 Å². The van der Waals surface area contributed by atoms with E-state index >= 15 is 0 Å². The minimum Gasteiger partial charge on any atom is -0.371 e. The van der Waals surface area contributed by atoms with Crippen LogP contribution in [0.15, 0.2) is 53.6 Å². The number of nitrogens with one attached hydrogen (secondary N) is 1. The minimum absolute atomic E-state index is 0.136. The quantitative estimate of drug-likeness (QED) is 0.872. The van der Waals surface area contributed by atoms with Crippen molar-refractivity contribution in [3.05, 3.63) is 48.7 Å². The Hall–Kier alpha value is -2.08.